The molecule has 2 heterocycles. The quantitative estimate of drug-likeness (QED) is 0.0905. The molecule has 3 N–H and O–H groups in total. The fourth-order valence-corrected chi connectivity index (χ4v) is 8.89. The molecule has 0 bridgehead atoms. The summed E-state index contributed by atoms with van der Waals surface area (Å²) in [6.07, 6.45) is 5.16. The van der Waals surface area contributed by atoms with Crippen LogP contribution in [0.4, 0.5) is 5.82 Å². The number of carbonyl (C=O) groups excluding carboxylic acids is 3. The van der Waals surface area contributed by atoms with Crippen LogP contribution in [0.25, 0.3) is 11.6 Å². The fraction of sp³-hybridized carbons (Fsp3) is 0.524. The average molecular weight is 823 g/mol. The van der Waals surface area contributed by atoms with Crippen LogP contribution in [0.15, 0.2) is 51.8 Å². The summed E-state index contributed by atoms with van der Waals surface area (Å²) in [4.78, 5) is 64.8. The number of anilines is 1. The standard InChI is InChI=1S/C42H54N4O9.Zn/c1-21-14-23(3)34(24(4)15-21)41(51)54-37-27(7)30(44-39(37)43-28(8)47)18-31-36(29-12-10-9-11-13-29)38(40(45-31)46-32(48)19-53-20-33(49)50)55-42(52)35-25(5)16-22(2)17-26(35)6;/h9-13,18,21-26,34-35H,14-17,19-20H2,1-8H3,(H4,43,44,45,46,47,48,49,50);/p-1. The third kappa shape index (κ3) is 10.5. The van der Waals surface area contributed by atoms with E-state index in [1.807, 2.05) is 44.2 Å². The van der Waals surface area contributed by atoms with Crippen molar-refractivity contribution in [2.45, 2.75) is 81.1 Å². The van der Waals surface area contributed by atoms with E-state index in [9.17, 15) is 24.3 Å². The number of hydrogen-bond acceptors (Lipinski definition) is 9. The van der Waals surface area contributed by atoms with Gasteiger partial charge in [-0.2, -0.15) is 4.99 Å². The van der Waals surface area contributed by atoms with Crippen LogP contribution in [-0.2, 0) is 48.1 Å². The van der Waals surface area contributed by atoms with Crippen LogP contribution >= 0.6 is 0 Å². The van der Waals surface area contributed by atoms with Gasteiger partial charge in [0.25, 0.3) is 0 Å². The van der Waals surface area contributed by atoms with Gasteiger partial charge < -0.3 is 34.7 Å². The maximum Gasteiger partial charge on any atom is 0.329 e. The normalized spacial score (nSPS) is 27.3. The summed E-state index contributed by atoms with van der Waals surface area (Å²) >= 11 is 0. The van der Waals surface area contributed by atoms with Crippen molar-refractivity contribution in [3.8, 4) is 5.75 Å². The summed E-state index contributed by atoms with van der Waals surface area (Å²) < 4.78 is 17.4. The number of aliphatic hydroxyl groups is 1. The molecule has 56 heavy (non-hydrogen) atoms. The molecule has 13 nitrogen and oxygen atoms in total. The van der Waals surface area contributed by atoms with Crippen LogP contribution in [-0.4, -0.2) is 59.0 Å². The molecule has 4 atom stereocenters. The van der Waals surface area contributed by atoms with Gasteiger partial charge in [0.15, 0.2) is 11.6 Å². The van der Waals surface area contributed by atoms with Crippen molar-refractivity contribution in [1.82, 2.24) is 4.98 Å². The first kappa shape index (κ1) is 44.3. The minimum absolute atomic E-state index is 0. The van der Waals surface area contributed by atoms with E-state index in [2.05, 4.69) is 43.0 Å². The predicted molar refractivity (Wildman–Crippen MR) is 208 cm³/mol. The molecule has 0 spiro atoms. The van der Waals surface area contributed by atoms with E-state index in [0.29, 0.717) is 34.2 Å². The van der Waals surface area contributed by atoms with E-state index >= 15 is 0 Å². The predicted octanol–water partition coefficient (Wildman–Crippen LogP) is 7.22. The minimum Gasteiger partial charge on any atom is -0.495 e. The van der Waals surface area contributed by atoms with Crippen molar-refractivity contribution in [3.05, 3.63) is 58.6 Å². The second kappa shape index (κ2) is 19.2. The van der Waals surface area contributed by atoms with Crippen molar-refractivity contribution in [2.24, 2.45) is 57.3 Å². The molecule has 0 radical (unpaired) electrons. The number of amides is 1. The van der Waals surface area contributed by atoms with E-state index in [-0.39, 0.29) is 83.9 Å². The van der Waals surface area contributed by atoms with Gasteiger partial charge in [-0.25, -0.2) is 9.79 Å². The Morgan fingerprint density at radius 1 is 0.857 bits per heavy atom. The molecule has 14 heteroatoms. The number of nitrogens with zero attached hydrogens (tertiary/aromatic N) is 3. The van der Waals surface area contributed by atoms with Crippen LogP contribution in [0.2, 0.25) is 0 Å². The largest absolute Gasteiger partial charge is 0.495 e. The number of allylic oxidation sites excluding steroid dienone is 1. The van der Waals surface area contributed by atoms with Crippen molar-refractivity contribution in [3.63, 3.8) is 0 Å². The molecule has 2 saturated carbocycles. The number of esters is 2. The molecule has 1 amide bonds. The number of nitrogens with one attached hydrogen (secondary N) is 1. The van der Waals surface area contributed by atoms with E-state index in [4.69, 9.17) is 24.3 Å². The van der Waals surface area contributed by atoms with Crippen LogP contribution in [0, 0.1) is 54.3 Å². The first-order valence-corrected chi connectivity index (χ1v) is 19.1. The smallest absolute Gasteiger partial charge is 0.329 e. The number of hydrogen-bond donors (Lipinski definition) is 3. The molecular weight excluding hydrogens is 770 g/mol. The van der Waals surface area contributed by atoms with Crippen LogP contribution in [0.5, 0.6) is 5.75 Å². The number of aliphatic imine (C=N–C) groups is 2. The summed E-state index contributed by atoms with van der Waals surface area (Å²) in [7, 11) is 0. The molecule has 3 aliphatic rings. The molecule has 2 aliphatic carbocycles. The number of carboxylic acid groups (broad SMARTS) is 1. The van der Waals surface area contributed by atoms with E-state index in [1.54, 1.807) is 13.0 Å². The van der Waals surface area contributed by atoms with E-state index in [1.165, 1.54) is 6.92 Å². The monoisotopic (exact) mass is 821 g/mol. The molecule has 5 rings (SSSR count). The number of carbonyl (C=O) groups is 4. The van der Waals surface area contributed by atoms with Gasteiger partial charge in [-0.1, -0.05) is 71.9 Å². The van der Waals surface area contributed by atoms with E-state index < -0.39 is 42.9 Å². The minimum atomic E-state index is -1.22. The number of amidine groups is 1. The molecule has 4 unspecified atom stereocenters. The number of carboxylic acids is 1. The van der Waals surface area contributed by atoms with Crippen molar-refractivity contribution in [2.75, 3.05) is 18.5 Å². The van der Waals surface area contributed by atoms with Gasteiger partial charge >= 0.3 is 17.9 Å². The Morgan fingerprint density at radius 2 is 1.39 bits per heavy atom. The van der Waals surface area contributed by atoms with Crippen LogP contribution in [0.1, 0.15) is 91.0 Å². The molecule has 1 aliphatic heterocycles. The zero-order valence-electron chi connectivity index (χ0n) is 33.6. The molecule has 298 valence electrons. The summed E-state index contributed by atoms with van der Waals surface area (Å²) in [5, 5.41) is 22.5. The third-order valence-corrected chi connectivity index (χ3v) is 10.9. The Bertz CT molecular complexity index is 1890. The number of ether oxygens (including phenoxy) is 3. The molecule has 1 aromatic carbocycles. The van der Waals surface area contributed by atoms with Crippen molar-refractivity contribution < 1.29 is 63.1 Å². The van der Waals surface area contributed by atoms with Gasteiger partial charge in [0.2, 0.25) is 5.90 Å². The Balaban J connectivity index is 0.00000696. The second-order valence-corrected chi connectivity index (χ2v) is 15.9. The zero-order chi connectivity index (χ0) is 40.1. The maximum atomic E-state index is 14.1. The molecular formula is C42H53N4O9Zn-. The molecule has 1 aromatic heterocycles. The third-order valence-electron chi connectivity index (χ3n) is 10.9. The van der Waals surface area contributed by atoms with Crippen LogP contribution < -0.4 is 15.0 Å². The van der Waals surface area contributed by atoms with Gasteiger partial charge in [-0.15, -0.1) is 0 Å². The number of aromatic nitrogens is 1. The Morgan fingerprint density at radius 3 is 1.91 bits per heavy atom. The van der Waals surface area contributed by atoms with Gasteiger partial charge in [0.1, 0.15) is 24.9 Å². The van der Waals surface area contributed by atoms with Crippen molar-refractivity contribution in [1.29, 1.82) is 0 Å². The first-order chi connectivity index (χ1) is 26.0. The number of benzene rings is 1. The van der Waals surface area contributed by atoms with Gasteiger partial charge in [-0.05, 0) is 104 Å². The summed E-state index contributed by atoms with van der Waals surface area (Å²) in [5.74, 6) is -2.41. The maximum absolute atomic E-state index is 14.1. The van der Waals surface area contributed by atoms with Gasteiger partial charge in [-0.3, -0.25) is 14.4 Å². The zero-order valence-corrected chi connectivity index (χ0v) is 36.6. The number of aliphatic hydroxyl groups excluding tert-OH is 1. The summed E-state index contributed by atoms with van der Waals surface area (Å²) in [6.45, 7) is 14.4. The molecule has 2 aromatic rings. The first-order valence-electron chi connectivity index (χ1n) is 19.1. The summed E-state index contributed by atoms with van der Waals surface area (Å²) in [6, 6.07) is 9.10. The number of aliphatic carboxylic acids is 1. The Hall–Kier alpha value is -4.42. The number of rotatable bonds is 11. The van der Waals surface area contributed by atoms with Gasteiger partial charge in [0.05, 0.1) is 23.1 Å². The average Bonchev–Trinajstić information content (AvgIpc) is 3.54. The van der Waals surface area contributed by atoms with Gasteiger partial charge in [0, 0.05) is 19.5 Å². The van der Waals surface area contributed by atoms with Crippen LogP contribution in [0.3, 0.4) is 0 Å². The Labute approximate surface area is 341 Å². The van der Waals surface area contributed by atoms with Crippen molar-refractivity contribution >= 4 is 53.0 Å². The molecule has 2 fully saturated rings. The SMILES string of the molecule is CC(=O)Nc1[n-]c(/C=C2\N=C(N=C(O)COCC(=O)O)C(OC(=O)C3C(C)CC(C)CC3C)=C2c2ccccc2)c(C)c1OC(=O)C1C(C)CC(C)CC1C.[Zn]. The van der Waals surface area contributed by atoms with E-state index in [0.717, 1.165) is 25.7 Å². The molecule has 0 saturated heterocycles. The topological polar surface area (TPSA) is 187 Å². The Kier molecular flexibility index (Phi) is 15.1. The summed E-state index contributed by atoms with van der Waals surface area (Å²) in [5.41, 5.74) is 2.07. The fourth-order valence-electron chi connectivity index (χ4n) is 8.89. The second-order valence-electron chi connectivity index (χ2n) is 15.9.